The number of para-hydroxylation sites is 1. The van der Waals surface area contributed by atoms with E-state index in [1.54, 1.807) is 0 Å². The summed E-state index contributed by atoms with van der Waals surface area (Å²) in [6.45, 7) is 8.50. The van der Waals surface area contributed by atoms with Crippen molar-refractivity contribution >= 4 is 22.6 Å². The van der Waals surface area contributed by atoms with Crippen LogP contribution in [0.2, 0.25) is 0 Å². The van der Waals surface area contributed by atoms with Gasteiger partial charge in [-0.05, 0) is 69.5 Å². The third-order valence-electron chi connectivity index (χ3n) is 5.52. The van der Waals surface area contributed by atoms with Gasteiger partial charge in [0.15, 0.2) is 5.65 Å². The summed E-state index contributed by atoms with van der Waals surface area (Å²) in [5.74, 6) is 0.534. The molecule has 0 fully saturated rings. The van der Waals surface area contributed by atoms with Gasteiger partial charge in [-0.1, -0.05) is 30.3 Å². The lowest BCUT2D eigenvalue weighted by molar-refractivity contribution is -0.116. The number of fused-ring (bicyclic) bond motifs is 1. The van der Waals surface area contributed by atoms with Crippen molar-refractivity contribution in [2.75, 3.05) is 11.9 Å². The van der Waals surface area contributed by atoms with Crippen LogP contribution in [0.25, 0.3) is 16.7 Å². The highest BCUT2D eigenvalue weighted by molar-refractivity contribution is 5.91. The molecule has 0 saturated heterocycles. The SMILES string of the molecule is CCOc1nc2c(c(C)nn2-c2ccccc2)c(C)c1CCC(=O)Nc1cccc(C)c1. The lowest BCUT2D eigenvalue weighted by Gasteiger charge is -2.14. The molecule has 0 saturated carbocycles. The van der Waals surface area contributed by atoms with Crippen LogP contribution in [0, 0.1) is 20.8 Å². The van der Waals surface area contributed by atoms with Gasteiger partial charge in [-0.25, -0.2) is 4.68 Å². The summed E-state index contributed by atoms with van der Waals surface area (Å²) in [6, 6.07) is 17.8. The number of ether oxygens (including phenoxy) is 1. The molecule has 1 N–H and O–H groups in total. The number of aryl methyl sites for hydroxylation is 3. The number of hydrogen-bond donors (Lipinski definition) is 1. The first-order valence-electron chi connectivity index (χ1n) is 10.9. The summed E-state index contributed by atoms with van der Waals surface area (Å²) < 4.78 is 7.76. The van der Waals surface area contributed by atoms with E-state index >= 15 is 0 Å². The third kappa shape index (κ3) is 4.35. The molecule has 2 aromatic carbocycles. The van der Waals surface area contributed by atoms with Crippen molar-refractivity contribution < 1.29 is 9.53 Å². The zero-order valence-corrected chi connectivity index (χ0v) is 19.0. The number of aromatic nitrogens is 3. The highest BCUT2D eigenvalue weighted by Gasteiger charge is 2.20. The molecule has 4 aromatic rings. The van der Waals surface area contributed by atoms with Crippen LogP contribution in [0.5, 0.6) is 5.88 Å². The Balaban J connectivity index is 1.66. The van der Waals surface area contributed by atoms with E-state index in [0.29, 0.717) is 25.3 Å². The molecule has 0 bridgehead atoms. The number of benzene rings is 2. The summed E-state index contributed by atoms with van der Waals surface area (Å²) in [4.78, 5) is 17.5. The third-order valence-corrected chi connectivity index (χ3v) is 5.52. The summed E-state index contributed by atoms with van der Waals surface area (Å²) in [6.07, 6.45) is 0.881. The number of rotatable bonds is 7. The Morgan fingerprint density at radius 3 is 2.56 bits per heavy atom. The number of nitrogens with zero attached hydrogens (tertiary/aromatic N) is 3. The molecule has 6 nitrogen and oxygen atoms in total. The smallest absolute Gasteiger partial charge is 0.224 e. The van der Waals surface area contributed by atoms with Crippen molar-refractivity contribution in [2.45, 2.75) is 40.5 Å². The highest BCUT2D eigenvalue weighted by Crippen LogP contribution is 2.32. The van der Waals surface area contributed by atoms with Gasteiger partial charge in [0.25, 0.3) is 0 Å². The average molecular weight is 429 g/mol. The quantitative estimate of drug-likeness (QED) is 0.433. The van der Waals surface area contributed by atoms with Crippen molar-refractivity contribution in [1.29, 1.82) is 0 Å². The van der Waals surface area contributed by atoms with Crippen molar-refractivity contribution in [2.24, 2.45) is 0 Å². The second kappa shape index (κ2) is 9.22. The fraction of sp³-hybridized carbons (Fsp3) is 0.269. The minimum atomic E-state index is -0.0331. The molecule has 0 spiro atoms. The normalized spacial score (nSPS) is 11.0. The molecule has 0 radical (unpaired) electrons. The summed E-state index contributed by atoms with van der Waals surface area (Å²) in [5, 5.41) is 8.73. The Morgan fingerprint density at radius 1 is 1.06 bits per heavy atom. The molecular weight excluding hydrogens is 400 g/mol. The first-order valence-corrected chi connectivity index (χ1v) is 10.9. The number of carbonyl (C=O) groups excluding carboxylic acids is 1. The number of anilines is 1. The van der Waals surface area contributed by atoms with Crippen molar-refractivity contribution in [1.82, 2.24) is 14.8 Å². The van der Waals surface area contributed by atoms with Crippen LogP contribution < -0.4 is 10.1 Å². The predicted octanol–water partition coefficient (Wildman–Crippen LogP) is 5.32. The van der Waals surface area contributed by atoms with Gasteiger partial charge in [0, 0.05) is 23.1 Å². The Kier molecular flexibility index (Phi) is 6.21. The molecule has 2 heterocycles. The average Bonchev–Trinajstić information content (AvgIpc) is 3.10. The van der Waals surface area contributed by atoms with Crippen molar-refractivity contribution in [3.05, 3.63) is 77.0 Å². The molecule has 0 aliphatic rings. The van der Waals surface area contributed by atoms with Gasteiger partial charge in [0.05, 0.1) is 18.0 Å². The van der Waals surface area contributed by atoms with Crippen LogP contribution in [0.15, 0.2) is 54.6 Å². The number of pyridine rings is 1. The monoisotopic (exact) mass is 428 g/mol. The van der Waals surface area contributed by atoms with Crippen LogP contribution in [0.3, 0.4) is 0 Å². The van der Waals surface area contributed by atoms with E-state index in [1.807, 2.05) is 80.1 Å². The van der Waals surface area contributed by atoms with Crippen LogP contribution in [-0.2, 0) is 11.2 Å². The standard InChI is InChI=1S/C26H28N4O2/c1-5-32-26-22(14-15-23(31)27-20-11-9-10-17(2)16-20)18(3)24-19(4)29-30(25(24)28-26)21-12-7-6-8-13-21/h6-13,16H,5,14-15H2,1-4H3,(H,27,31). The lowest BCUT2D eigenvalue weighted by Crippen LogP contribution is -2.13. The van der Waals surface area contributed by atoms with Crippen molar-refractivity contribution in [3.63, 3.8) is 0 Å². The number of nitrogens with one attached hydrogen (secondary N) is 1. The molecule has 32 heavy (non-hydrogen) atoms. The molecule has 6 heteroatoms. The van der Waals surface area contributed by atoms with Gasteiger partial charge in [-0.3, -0.25) is 4.79 Å². The molecule has 0 aliphatic heterocycles. The van der Waals surface area contributed by atoms with Crippen LogP contribution >= 0.6 is 0 Å². The van der Waals surface area contributed by atoms with Gasteiger partial charge < -0.3 is 10.1 Å². The van der Waals surface area contributed by atoms with E-state index in [0.717, 1.165) is 44.8 Å². The summed E-state index contributed by atoms with van der Waals surface area (Å²) in [7, 11) is 0. The fourth-order valence-electron chi connectivity index (χ4n) is 4.02. The minimum absolute atomic E-state index is 0.0331. The molecule has 2 aromatic heterocycles. The second-order valence-electron chi connectivity index (χ2n) is 7.90. The fourth-order valence-corrected chi connectivity index (χ4v) is 4.02. The highest BCUT2D eigenvalue weighted by atomic mass is 16.5. The molecule has 4 rings (SSSR count). The molecule has 0 unspecified atom stereocenters. The molecular formula is C26H28N4O2. The van der Waals surface area contributed by atoms with Gasteiger partial charge in [0.1, 0.15) is 0 Å². The maximum atomic E-state index is 12.6. The van der Waals surface area contributed by atoms with Crippen LogP contribution in [0.1, 0.15) is 35.7 Å². The number of amides is 1. The van der Waals surface area contributed by atoms with E-state index in [9.17, 15) is 4.79 Å². The number of hydrogen-bond acceptors (Lipinski definition) is 4. The zero-order chi connectivity index (χ0) is 22.7. The van der Waals surface area contributed by atoms with E-state index in [1.165, 1.54) is 0 Å². The molecule has 0 aliphatic carbocycles. The summed E-state index contributed by atoms with van der Waals surface area (Å²) in [5.41, 5.74) is 6.55. The first kappa shape index (κ1) is 21.6. The van der Waals surface area contributed by atoms with Crippen molar-refractivity contribution in [3.8, 4) is 11.6 Å². The maximum absolute atomic E-state index is 12.6. The minimum Gasteiger partial charge on any atom is -0.478 e. The lowest BCUT2D eigenvalue weighted by atomic mass is 10.0. The van der Waals surface area contributed by atoms with Gasteiger partial charge in [0.2, 0.25) is 11.8 Å². The summed E-state index contributed by atoms with van der Waals surface area (Å²) >= 11 is 0. The van der Waals surface area contributed by atoms with Gasteiger partial charge in [-0.15, -0.1) is 0 Å². The van der Waals surface area contributed by atoms with E-state index in [-0.39, 0.29) is 5.91 Å². The zero-order valence-electron chi connectivity index (χ0n) is 19.0. The first-order chi connectivity index (χ1) is 15.5. The second-order valence-corrected chi connectivity index (χ2v) is 7.90. The number of carbonyl (C=O) groups is 1. The van der Waals surface area contributed by atoms with Gasteiger partial charge in [-0.2, -0.15) is 10.1 Å². The molecule has 1 amide bonds. The van der Waals surface area contributed by atoms with Crippen LogP contribution in [0.4, 0.5) is 5.69 Å². The van der Waals surface area contributed by atoms with Gasteiger partial charge >= 0.3 is 0 Å². The largest absolute Gasteiger partial charge is 0.478 e. The Bertz CT molecular complexity index is 1260. The topological polar surface area (TPSA) is 69.0 Å². The van der Waals surface area contributed by atoms with E-state index in [2.05, 4.69) is 12.2 Å². The van der Waals surface area contributed by atoms with Crippen LogP contribution in [-0.4, -0.2) is 27.3 Å². The maximum Gasteiger partial charge on any atom is 0.224 e. The van der Waals surface area contributed by atoms with E-state index in [4.69, 9.17) is 14.8 Å². The molecule has 0 atom stereocenters. The Hall–Kier alpha value is -3.67. The Labute approximate surface area is 188 Å². The molecule has 164 valence electrons. The predicted molar refractivity (Wildman–Crippen MR) is 128 cm³/mol. The Morgan fingerprint density at radius 2 is 1.84 bits per heavy atom. The van der Waals surface area contributed by atoms with E-state index < -0.39 is 0 Å².